The molecule has 128 valence electrons. The van der Waals surface area contributed by atoms with E-state index in [2.05, 4.69) is 32.4 Å². The topological polar surface area (TPSA) is 63.1 Å². The Bertz CT molecular complexity index is 620. The number of carbonyl (C=O) groups excluding carboxylic acids is 1. The lowest BCUT2D eigenvalue weighted by atomic mass is 10.0. The summed E-state index contributed by atoms with van der Waals surface area (Å²) in [6.45, 7) is 4.98. The fraction of sp³-hybridized carbons (Fsp3) is 0.500. The maximum Gasteiger partial charge on any atom is 0.245 e. The van der Waals surface area contributed by atoms with Crippen LogP contribution in [0, 0.1) is 0 Å². The normalized spacial score (nSPS) is 17.5. The van der Waals surface area contributed by atoms with Crippen LogP contribution in [0.5, 0.6) is 0 Å². The number of rotatable bonds is 6. The van der Waals surface area contributed by atoms with Gasteiger partial charge >= 0.3 is 0 Å². The second-order valence-electron chi connectivity index (χ2n) is 6.32. The number of nitrogens with one attached hydrogen (secondary N) is 1. The number of amides is 1. The predicted octanol–water partition coefficient (Wildman–Crippen LogP) is 2.01. The van der Waals surface area contributed by atoms with E-state index in [4.69, 9.17) is 0 Å². The Morgan fingerprint density at radius 3 is 2.67 bits per heavy atom. The molecule has 6 heteroatoms. The van der Waals surface area contributed by atoms with E-state index in [0.717, 1.165) is 38.9 Å². The Kier molecular flexibility index (Phi) is 5.59. The fourth-order valence-corrected chi connectivity index (χ4v) is 3.24. The molecule has 1 aliphatic rings. The highest BCUT2D eigenvalue weighted by Crippen LogP contribution is 2.16. The van der Waals surface area contributed by atoms with Gasteiger partial charge in [0, 0.05) is 50.5 Å². The predicted molar refractivity (Wildman–Crippen MR) is 92.2 cm³/mol. The average molecular weight is 327 g/mol. The van der Waals surface area contributed by atoms with Gasteiger partial charge < -0.3 is 5.32 Å². The van der Waals surface area contributed by atoms with E-state index < -0.39 is 0 Å². The number of pyridine rings is 1. The zero-order valence-electron chi connectivity index (χ0n) is 14.1. The maximum absolute atomic E-state index is 12.5. The number of hydrogen-bond acceptors (Lipinski definition) is 4. The number of aromatic nitrogens is 3. The number of piperidine rings is 1. The molecule has 3 heterocycles. The summed E-state index contributed by atoms with van der Waals surface area (Å²) in [5, 5.41) is 7.41. The molecule has 0 saturated carbocycles. The van der Waals surface area contributed by atoms with Crippen molar-refractivity contribution in [1.29, 1.82) is 0 Å². The van der Waals surface area contributed by atoms with E-state index in [0.29, 0.717) is 0 Å². The summed E-state index contributed by atoms with van der Waals surface area (Å²) < 4.78 is 1.74. The number of nitrogens with zero attached hydrogens (tertiary/aromatic N) is 4. The molecule has 0 unspecified atom stereocenters. The van der Waals surface area contributed by atoms with E-state index in [9.17, 15) is 4.79 Å². The van der Waals surface area contributed by atoms with Crippen LogP contribution in [-0.2, 0) is 11.3 Å². The van der Waals surface area contributed by atoms with Crippen molar-refractivity contribution in [1.82, 2.24) is 25.0 Å². The van der Waals surface area contributed by atoms with Crippen LogP contribution in [-0.4, -0.2) is 44.7 Å². The van der Waals surface area contributed by atoms with Crippen molar-refractivity contribution < 1.29 is 4.79 Å². The molecule has 6 nitrogen and oxygen atoms in total. The van der Waals surface area contributed by atoms with Crippen molar-refractivity contribution in [2.75, 3.05) is 13.1 Å². The van der Waals surface area contributed by atoms with Crippen LogP contribution in [0.4, 0.5) is 0 Å². The van der Waals surface area contributed by atoms with Gasteiger partial charge in [0.05, 0.1) is 0 Å². The first-order valence-corrected chi connectivity index (χ1v) is 8.67. The molecule has 2 aromatic heterocycles. The summed E-state index contributed by atoms with van der Waals surface area (Å²) in [4.78, 5) is 19.0. The molecule has 1 N–H and O–H groups in total. The summed E-state index contributed by atoms with van der Waals surface area (Å²) in [7, 11) is 0. The van der Waals surface area contributed by atoms with Gasteiger partial charge in [-0.1, -0.05) is 6.92 Å². The molecule has 0 radical (unpaired) electrons. The van der Waals surface area contributed by atoms with E-state index in [1.165, 1.54) is 5.56 Å². The lowest BCUT2D eigenvalue weighted by molar-refractivity contribution is -0.125. The quantitative estimate of drug-likeness (QED) is 0.881. The average Bonchev–Trinajstić information content (AvgIpc) is 3.12. The highest BCUT2D eigenvalue weighted by Gasteiger charge is 2.25. The van der Waals surface area contributed by atoms with Crippen LogP contribution in [0.2, 0.25) is 0 Å². The zero-order chi connectivity index (χ0) is 16.8. The molecule has 24 heavy (non-hydrogen) atoms. The highest BCUT2D eigenvalue weighted by molar-refractivity contribution is 5.80. The molecular weight excluding hydrogens is 302 g/mol. The minimum atomic E-state index is -0.213. The first-order valence-electron chi connectivity index (χ1n) is 8.67. The maximum atomic E-state index is 12.5. The summed E-state index contributed by atoms with van der Waals surface area (Å²) >= 11 is 0. The molecule has 1 amide bonds. The first-order chi connectivity index (χ1) is 11.8. The van der Waals surface area contributed by atoms with Crippen LogP contribution < -0.4 is 5.32 Å². The van der Waals surface area contributed by atoms with Crippen LogP contribution in [0.3, 0.4) is 0 Å². The third kappa shape index (κ3) is 4.20. The summed E-state index contributed by atoms with van der Waals surface area (Å²) in [5.74, 6) is 0.0776. The van der Waals surface area contributed by atoms with Gasteiger partial charge in [-0.25, -0.2) is 0 Å². The van der Waals surface area contributed by atoms with Crippen molar-refractivity contribution in [3.05, 3.63) is 48.5 Å². The van der Waals surface area contributed by atoms with Crippen LogP contribution in [0.1, 0.15) is 37.8 Å². The van der Waals surface area contributed by atoms with Crippen molar-refractivity contribution in [3.8, 4) is 0 Å². The summed E-state index contributed by atoms with van der Waals surface area (Å²) in [5.41, 5.74) is 1.29. The summed E-state index contributed by atoms with van der Waals surface area (Å²) in [6.07, 6.45) is 9.97. The van der Waals surface area contributed by atoms with Crippen LogP contribution >= 0.6 is 0 Å². The Hall–Kier alpha value is -2.21. The number of carbonyl (C=O) groups is 1. The molecule has 2 aromatic rings. The Labute approximate surface area is 142 Å². The van der Waals surface area contributed by atoms with Crippen molar-refractivity contribution in [3.63, 3.8) is 0 Å². The van der Waals surface area contributed by atoms with Gasteiger partial charge in [0.2, 0.25) is 5.91 Å². The van der Waals surface area contributed by atoms with Crippen molar-refractivity contribution >= 4 is 5.91 Å². The second-order valence-corrected chi connectivity index (χ2v) is 6.32. The van der Waals surface area contributed by atoms with E-state index in [-0.39, 0.29) is 18.0 Å². The van der Waals surface area contributed by atoms with Gasteiger partial charge in [0.1, 0.15) is 6.04 Å². The number of hydrogen-bond donors (Lipinski definition) is 1. The third-order valence-corrected chi connectivity index (χ3v) is 4.62. The minimum Gasteiger partial charge on any atom is -0.351 e. The van der Waals surface area contributed by atoms with Crippen LogP contribution in [0.25, 0.3) is 0 Å². The van der Waals surface area contributed by atoms with Gasteiger partial charge in [-0.3, -0.25) is 19.4 Å². The molecule has 3 rings (SSSR count). The van der Waals surface area contributed by atoms with Gasteiger partial charge in [0.15, 0.2) is 0 Å². The first kappa shape index (κ1) is 16.6. The second kappa shape index (κ2) is 8.06. The Balaban J connectivity index is 1.47. The molecule has 1 aliphatic heterocycles. The molecule has 1 saturated heterocycles. The van der Waals surface area contributed by atoms with E-state index >= 15 is 0 Å². The zero-order valence-corrected chi connectivity index (χ0v) is 14.1. The molecule has 0 spiro atoms. The minimum absolute atomic E-state index is 0.0776. The molecular formula is C18H25N5O. The molecule has 1 fully saturated rings. The SMILES string of the molecule is CC[C@@H](C(=O)NC1CCN(Cc2ccncc2)CC1)n1cccn1. The smallest absolute Gasteiger partial charge is 0.245 e. The lowest BCUT2D eigenvalue weighted by Gasteiger charge is -2.33. The monoisotopic (exact) mass is 327 g/mol. The standard InChI is InChI=1S/C18H25N5O/c1-2-17(23-11-3-8-20-23)18(24)21-16-6-12-22(13-7-16)14-15-4-9-19-10-5-15/h3-5,8-11,16-17H,2,6-7,12-14H2,1H3,(H,21,24)/t17-/m0/s1. The van der Waals surface area contributed by atoms with Gasteiger partial charge in [-0.05, 0) is 43.0 Å². The highest BCUT2D eigenvalue weighted by atomic mass is 16.2. The molecule has 0 bridgehead atoms. The summed E-state index contributed by atoms with van der Waals surface area (Å²) in [6, 6.07) is 6.02. The molecule has 1 atom stereocenters. The largest absolute Gasteiger partial charge is 0.351 e. The van der Waals surface area contributed by atoms with Crippen molar-refractivity contribution in [2.45, 2.75) is 44.8 Å². The Morgan fingerprint density at radius 2 is 2.04 bits per heavy atom. The number of likely N-dealkylation sites (tertiary alicyclic amines) is 1. The van der Waals surface area contributed by atoms with Gasteiger partial charge in [0.25, 0.3) is 0 Å². The van der Waals surface area contributed by atoms with Gasteiger partial charge in [-0.15, -0.1) is 0 Å². The molecule has 0 aliphatic carbocycles. The third-order valence-electron chi connectivity index (χ3n) is 4.62. The van der Waals surface area contributed by atoms with Gasteiger partial charge in [-0.2, -0.15) is 5.10 Å². The fourth-order valence-electron chi connectivity index (χ4n) is 3.24. The molecule has 0 aromatic carbocycles. The van der Waals surface area contributed by atoms with Crippen molar-refractivity contribution in [2.24, 2.45) is 0 Å². The Morgan fingerprint density at radius 1 is 1.29 bits per heavy atom. The lowest BCUT2D eigenvalue weighted by Crippen LogP contribution is -2.46. The van der Waals surface area contributed by atoms with E-state index in [1.807, 2.05) is 31.6 Å². The van der Waals surface area contributed by atoms with E-state index in [1.54, 1.807) is 10.9 Å². The van der Waals surface area contributed by atoms with Crippen LogP contribution in [0.15, 0.2) is 43.0 Å².